The van der Waals surface area contributed by atoms with Crippen LogP contribution in [-0.4, -0.2) is 43.2 Å². The van der Waals surface area contributed by atoms with Crippen LogP contribution in [0, 0.1) is 0 Å². The van der Waals surface area contributed by atoms with Gasteiger partial charge in [-0.15, -0.1) is 0 Å². The molecule has 4 nitrogen and oxygen atoms in total. The summed E-state index contributed by atoms with van der Waals surface area (Å²) in [7, 11) is 0. The monoisotopic (exact) mass is 367 g/mol. The van der Waals surface area contributed by atoms with E-state index in [0.29, 0.717) is 32.7 Å². The normalized spacial score (nSPS) is 15.6. The van der Waals surface area contributed by atoms with E-state index in [1.807, 2.05) is 36.9 Å². The largest absolute Gasteiger partial charge is 0.491 e. The van der Waals surface area contributed by atoms with Crippen LogP contribution in [0.5, 0.6) is 5.75 Å². The summed E-state index contributed by atoms with van der Waals surface area (Å²) in [6.45, 7) is 6.70. The summed E-state index contributed by atoms with van der Waals surface area (Å²) in [5.41, 5.74) is 2.43. The number of carbonyl (C=O) groups is 1. The molecular formula is C23H29NO3. The molecule has 0 spiro atoms. The van der Waals surface area contributed by atoms with Crippen molar-refractivity contribution in [2.75, 3.05) is 26.3 Å². The van der Waals surface area contributed by atoms with Gasteiger partial charge in [-0.1, -0.05) is 42.5 Å². The maximum absolute atomic E-state index is 12.8. The molecule has 0 N–H and O–H groups in total. The average molecular weight is 367 g/mol. The molecule has 0 aliphatic carbocycles. The number of ether oxygens (including phenoxy) is 2. The summed E-state index contributed by atoms with van der Waals surface area (Å²) in [6.07, 6.45) is 1.51. The third-order valence-electron chi connectivity index (χ3n) is 4.83. The van der Waals surface area contributed by atoms with E-state index in [1.165, 1.54) is 11.1 Å². The molecule has 1 amide bonds. The first kappa shape index (κ1) is 19.4. The van der Waals surface area contributed by atoms with Crippen molar-refractivity contribution in [1.29, 1.82) is 0 Å². The quantitative estimate of drug-likeness (QED) is 0.741. The first-order chi connectivity index (χ1) is 13.1. The van der Waals surface area contributed by atoms with Crippen LogP contribution in [0.2, 0.25) is 0 Å². The van der Waals surface area contributed by atoms with E-state index in [0.717, 1.165) is 12.2 Å². The van der Waals surface area contributed by atoms with Gasteiger partial charge < -0.3 is 14.4 Å². The molecule has 0 bridgehead atoms. The van der Waals surface area contributed by atoms with Crippen molar-refractivity contribution in [3.05, 3.63) is 65.7 Å². The fraction of sp³-hybridized carbons (Fsp3) is 0.435. The second-order valence-corrected chi connectivity index (χ2v) is 7.32. The fourth-order valence-electron chi connectivity index (χ4n) is 3.45. The molecule has 1 saturated heterocycles. The molecule has 1 atom stereocenters. The summed E-state index contributed by atoms with van der Waals surface area (Å²) in [5, 5.41) is 0. The van der Waals surface area contributed by atoms with Crippen LogP contribution in [0.25, 0.3) is 0 Å². The minimum atomic E-state index is 0.149. The predicted molar refractivity (Wildman–Crippen MR) is 107 cm³/mol. The molecule has 2 aromatic rings. The van der Waals surface area contributed by atoms with Gasteiger partial charge in [0.25, 0.3) is 0 Å². The van der Waals surface area contributed by atoms with Crippen molar-refractivity contribution in [1.82, 2.24) is 4.90 Å². The van der Waals surface area contributed by atoms with Crippen LogP contribution in [-0.2, 0) is 16.0 Å². The fourth-order valence-corrected chi connectivity index (χ4v) is 3.45. The molecule has 0 aromatic heterocycles. The van der Waals surface area contributed by atoms with Crippen molar-refractivity contribution in [3.63, 3.8) is 0 Å². The Hall–Kier alpha value is -2.33. The first-order valence-corrected chi connectivity index (χ1v) is 9.78. The molecule has 144 valence electrons. The highest BCUT2D eigenvalue weighted by Gasteiger charge is 2.22. The Morgan fingerprint density at radius 1 is 1.04 bits per heavy atom. The summed E-state index contributed by atoms with van der Waals surface area (Å²) in [5.74, 6) is 1.23. The van der Waals surface area contributed by atoms with E-state index < -0.39 is 0 Å². The van der Waals surface area contributed by atoms with Crippen LogP contribution in [0.1, 0.15) is 37.3 Å². The van der Waals surface area contributed by atoms with Gasteiger partial charge in [0.2, 0.25) is 5.91 Å². The van der Waals surface area contributed by atoms with E-state index >= 15 is 0 Å². The standard InChI is InChI=1S/C23H29NO3/c1-18(2)27-22-10-8-20(9-11-22)21(16-19-6-4-3-5-7-19)17-23(25)24-12-14-26-15-13-24/h3-11,18,21H,12-17H2,1-2H3/t21-/m0/s1. The van der Waals surface area contributed by atoms with Crippen LogP contribution in [0.4, 0.5) is 0 Å². The van der Waals surface area contributed by atoms with Crippen molar-refractivity contribution in [3.8, 4) is 5.75 Å². The lowest BCUT2D eigenvalue weighted by atomic mass is 9.88. The number of rotatable bonds is 7. The molecule has 0 radical (unpaired) electrons. The molecule has 2 aromatic carbocycles. The third-order valence-corrected chi connectivity index (χ3v) is 4.83. The smallest absolute Gasteiger partial charge is 0.223 e. The number of carbonyl (C=O) groups excluding carboxylic acids is 1. The zero-order valence-electron chi connectivity index (χ0n) is 16.3. The molecule has 0 saturated carbocycles. The van der Waals surface area contributed by atoms with Gasteiger partial charge in [0.1, 0.15) is 5.75 Å². The maximum Gasteiger partial charge on any atom is 0.223 e. The molecule has 3 rings (SSSR count). The number of amides is 1. The molecule has 1 fully saturated rings. The minimum absolute atomic E-state index is 0.149. The van der Waals surface area contributed by atoms with Gasteiger partial charge in [-0.3, -0.25) is 4.79 Å². The Labute approximate surface area is 162 Å². The van der Waals surface area contributed by atoms with Gasteiger partial charge in [-0.2, -0.15) is 0 Å². The highest BCUT2D eigenvalue weighted by atomic mass is 16.5. The lowest BCUT2D eigenvalue weighted by Crippen LogP contribution is -2.41. The number of morpholine rings is 1. The number of hydrogen-bond donors (Lipinski definition) is 0. The lowest BCUT2D eigenvalue weighted by Gasteiger charge is -2.29. The van der Waals surface area contributed by atoms with Crippen LogP contribution >= 0.6 is 0 Å². The Morgan fingerprint density at radius 2 is 1.70 bits per heavy atom. The number of nitrogens with zero attached hydrogens (tertiary/aromatic N) is 1. The number of hydrogen-bond acceptors (Lipinski definition) is 3. The van der Waals surface area contributed by atoms with Gasteiger partial charge in [0.15, 0.2) is 0 Å². The minimum Gasteiger partial charge on any atom is -0.491 e. The molecule has 4 heteroatoms. The SMILES string of the molecule is CC(C)Oc1ccc([C@H](CC(=O)N2CCOCC2)Cc2ccccc2)cc1. The van der Waals surface area contributed by atoms with Crippen LogP contribution < -0.4 is 4.74 Å². The summed E-state index contributed by atoms with van der Waals surface area (Å²) < 4.78 is 11.1. The highest BCUT2D eigenvalue weighted by molar-refractivity contribution is 5.77. The van der Waals surface area contributed by atoms with E-state index in [-0.39, 0.29) is 17.9 Å². The zero-order valence-corrected chi connectivity index (χ0v) is 16.3. The molecule has 0 unspecified atom stereocenters. The summed E-state index contributed by atoms with van der Waals surface area (Å²) in [6, 6.07) is 18.6. The second kappa shape index (κ2) is 9.56. The van der Waals surface area contributed by atoms with Gasteiger partial charge >= 0.3 is 0 Å². The van der Waals surface area contributed by atoms with Crippen molar-refractivity contribution < 1.29 is 14.3 Å². The van der Waals surface area contributed by atoms with Crippen molar-refractivity contribution in [2.45, 2.75) is 38.7 Å². The summed E-state index contributed by atoms with van der Waals surface area (Å²) in [4.78, 5) is 14.8. The predicted octanol–water partition coefficient (Wildman–Crippen LogP) is 4.05. The Morgan fingerprint density at radius 3 is 2.33 bits per heavy atom. The lowest BCUT2D eigenvalue weighted by molar-refractivity contribution is -0.135. The maximum atomic E-state index is 12.8. The third kappa shape index (κ3) is 5.83. The Balaban J connectivity index is 1.75. The molecule has 1 heterocycles. The van der Waals surface area contributed by atoms with Crippen molar-refractivity contribution in [2.24, 2.45) is 0 Å². The first-order valence-electron chi connectivity index (χ1n) is 9.78. The van der Waals surface area contributed by atoms with Crippen LogP contribution in [0.3, 0.4) is 0 Å². The molecule has 1 aliphatic heterocycles. The Bertz CT molecular complexity index is 706. The van der Waals surface area contributed by atoms with Crippen molar-refractivity contribution >= 4 is 5.91 Å². The van der Waals surface area contributed by atoms with E-state index in [9.17, 15) is 4.79 Å². The topological polar surface area (TPSA) is 38.8 Å². The van der Waals surface area contributed by atoms with E-state index in [4.69, 9.17) is 9.47 Å². The average Bonchev–Trinajstić information content (AvgIpc) is 2.69. The van der Waals surface area contributed by atoms with E-state index in [1.54, 1.807) is 0 Å². The van der Waals surface area contributed by atoms with Gasteiger partial charge in [0, 0.05) is 19.5 Å². The highest BCUT2D eigenvalue weighted by Crippen LogP contribution is 2.27. The van der Waals surface area contributed by atoms with Gasteiger partial charge in [-0.05, 0) is 49.4 Å². The van der Waals surface area contributed by atoms with E-state index in [2.05, 4.69) is 36.4 Å². The molecular weight excluding hydrogens is 338 g/mol. The van der Waals surface area contributed by atoms with Gasteiger partial charge in [-0.25, -0.2) is 0 Å². The molecule has 1 aliphatic rings. The summed E-state index contributed by atoms with van der Waals surface area (Å²) >= 11 is 0. The zero-order chi connectivity index (χ0) is 19.1. The molecule has 27 heavy (non-hydrogen) atoms. The van der Waals surface area contributed by atoms with Crippen LogP contribution in [0.15, 0.2) is 54.6 Å². The Kier molecular flexibility index (Phi) is 6.88. The number of benzene rings is 2. The second-order valence-electron chi connectivity index (χ2n) is 7.32. The van der Waals surface area contributed by atoms with Gasteiger partial charge in [0.05, 0.1) is 19.3 Å².